The van der Waals surface area contributed by atoms with Crippen molar-refractivity contribution in [3.05, 3.63) is 65.7 Å². The molecule has 0 bridgehead atoms. The highest BCUT2D eigenvalue weighted by Crippen LogP contribution is 2.36. The molecule has 1 N–H and O–H groups in total. The first-order chi connectivity index (χ1) is 9.48. The molecule has 0 aliphatic rings. The number of ether oxygens (including phenoxy) is 1. The second-order valence-electron chi connectivity index (χ2n) is 4.23. The molecule has 5 heteroatoms. The Hall–Kier alpha value is -2.01. The summed E-state index contributed by atoms with van der Waals surface area (Å²) in [6, 6.07) is 13.6. The van der Waals surface area contributed by atoms with Crippen LogP contribution in [-0.4, -0.2) is 11.7 Å². The van der Waals surface area contributed by atoms with E-state index < -0.39 is 17.8 Å². The van der Waals surface area contributed by atoms with Crippen molar-refractivity contribution in [3.63, 3.8) is 0 Å². The lowest BCUT2D eigenvalue weighted by Crippen LogP contribution is -2.13. The molecule has 2 nitrogen and oxygen atoms in total. The van der Waals surface area contributed by atoms with Gasteiger partial charge >= 0.3 is 6.18 Å². The minimum Gasteiger partial charge on any atom is -0.490 e. The normalized spacial score (nSPS) is 13.0. The molecule has 0 saturated carbocycles. The largest absolute Gasteiger partial charge is 0.490 e. The fraction of sp³-hybridized carbons (Fsp3) is 0.200. The number of rotatable bonds is 4. The Kier molecular flexibility index (Phi) is 4.29. The first-order valence-electron chi connectivity index (χ1n) is 6.00. The third kappa shape index (κ3) is 3.51. The summed E-state index contributed by atoms with van der Waals surface area (Å²) in [7, 11) is 0. The van der Waals surface area contributed by atoms with Crippen LogP contribution in [0.1, 0.15) is 17.2 Å². The van der Waals surface area contributed by atoms with Crippen molar-refractivity contribution in [3.8, 4) is 5.75 Å². The molecule has 1 unspecified atom stereocenters. The van der Waals surface area contributed by atoms with Gasteiger partial charge in [0.15, 0.2) is 0 Å². The molecule has 0 saturated heterocycles. The highest BCUT2D eigenvalue weighted by Gasteiger charge is 2.34. The zero-order chi connectivity index (χ0) is 14.6. The Morgan fingerprint density at radius 3 is 2.20 bits per heavy atom. The summed E-state index contributed by atoms with van der Waals surface area (Å²) < 4.78 is 43.4. The van der Waals surface area contributed by atoms with E-state index in [4.69, 9.17) is 4.74 Å². The lowest BCUT2D eigenvalue weighted by molar-refractivity contribution is -0.139. The van der Waals surface area contributed by atoms with Crippen LogP contribution in [0.5, 0.6) is 5.75 Å². The third-order valence-corrected chi connectivity index (χ3v) is 2.77. The van der Waals surface area contributed by atoms with Crippen LogP contribution in [0.4, 0.5) is 13.2 Å². The van der Waals surface area contributed by atoms with Gasteiger partial charge in [-0.05, 0) is 17.7 Å². The van der Waals surface area contributed by atoms with Crippen molar-refractivity contribution >= 4 is 0 Å². The first-order valence-corrected chi connectivity index (χ1v) is 6.00. The van der Waals surface area contributed by atoms with Gasteiger partial charge in [0.2, 0.25) is 0 Å². The van der Waals surface area contributed by atoms with Crippen LogP contribution in [-0.2, 0) is 6.18 Å². The van der Waals surface area contributed by atoms with Gasteiger partial charge in [0.05, 0.1) is 5.56 Å². The highest BCUT2D eigenvalue weighted by atomic mass is 19.4. The number of hydrogen-bond donors (Lipinski definition) is 1. The van der Waals surface area contributed by atoms with Gasteiger partial charge in [0.1, 0.15) is 18.5 Å². The van der Waals surface area contributed by atoms with Gasteiger partial charge in [0.25, 0.3) is 0 Å². The summed E-state index contributed by atoms with van der Waals surface area (Å²) in [5, 5.41) is 9.87. The molecule has 0 spiro atoms. The van der Waals surface area contributed by atoms with E-state index in [1.807, 2.05) is 0 Å². The fourth-order valence-electron chi connectivity index (χ4n) is 1.77. The highest BCUT2D eigenvalue weighted by molar-refractivity contribution is 5.35. The summed E-state index contributed by atoms with van der Waals surface area (Å²) in [6.07, 6.45) is -5.45. The zero-order valence-corrected chi connectivity index (χ0v) is 10.5. The average molecular weight is 282 g/mol. The quantitative estimate of drug-likeness (QED) is 0.923. The number of benzene rings is 2. The van der Waals surface area contributed by atoms with E-state index in [9.17, 15) is 18.3 Å². The maximum absolute atomic E-state index is 12.8. The molecular formula is C15H13F3O2. The molecule has 0 radical (unpaired) electrons. The lowest BCUT2D eigenvalue weighted by atomic mass is 10.1. The van der Waals surface area contributed by atoms with Crippen LogP contribution in [0.25, 0.3) is 0 Å². The third-order valence-electron chi connectivity index (χ3n) is 2.77. The number of aliphatic hydroxyl groups is 1. The maximum Gasteiger partial charge on any atom is 0.419 e. The van der Waals surface area contributed by atoms with Crippen molar-refractivity contribution in [2.24, 2.45) is 0 Å². The van der Waals surface area contributed by atoms with Gasteiger partial charge in [-0.15, -0.1) is 0 Å². The van der Waals surface area contributed by atoms with E-state index in [2.05, 4.69) is 0 Å². The summed E-state index contributed by atoms with van der Waals surface area (Å²) in [5.41, 5.74) is -0.253. The second-order valence-corrected chi connectivity index (χ2v) is 4.23. The van der Waals surface area contributed by atoms with Crippen LogP contribution in [0.2, 0.25) is 0 Å². The molecule has 106 valence electrons. The van der Waals surface area contributed by atoms with Crippen LogP contribution in [0, 0.1) is 0 Å². The van der Waals surface area contributed by atoms with Crippen molar-refractivity contribution < 1.29 is 23.0 Å². The van der Waals surface area contributed by atoms with Crippen molar-refractivity contribution in [1.29, 1.82) is 0 Å². The Morgan fingerprint density at radius 2 is 1.55 bits per heavy atom. The van der Waals surface area contributed by atoms with Crippen LogP contribution in [0.15, 0.2) is 54.6 Å². The minimum absolute atomic E-state index is 0.239. The summed E-state index contributed by atoms with van der Waals surface area (Å²) in [4.78, 5) is 0. The first kappa shape index (κ1) is 14.4. The average Bonchev–Trinajstić information content (AvgIpc) is 2.45. The molecule has 2 rings (SSSR count). The zero-order valence-electron chi connectivity index (χ0n) is 10.5. The molecule has 0 heterocycles. The van der Waals surface area contributed by atoms with E-state index in [-0.39, 0.29) is 12.4 Å². The predicted molar refractivity (Wildman–Crippen MR) is 68.3 cm³/mol. The van der Waals surface area contributed by atoms with E-state index in [1.165, 1.54) is 18.2 Å². The Morgan fingerprint density at radius 1 is 0.950 bits per heavy atom. The van der Waals surface area contributed by atoms with Gasteiger partial charge in [-0.1, -0.05) is 42.5 Å². The van der Waals surface area contributed by atoms with Gasteiger partial charge < -0.3 is 9.84 Å². The van der Waals surface area contributed by atoms with E-state index in [1.54, 1.807) is 30.3 Å². The van der Waals surface area contributed by atoms with Gasteiger partial charge in [-0.3, -0.25) is 0 Å². The molecule has 0 aliphatic carbocycles. The van der Waals surface area contributed by atoms with Gasteiger partial charge in [-0.25, -0.2) is 0 Å². The number of aliphatic hydroxyl groups excluding tert-OH is 1. The molecule has 0 aromatic heterocycles. The number of alkyl halides is 3. The maximum atomic E-state index is 12.8. The van der Waals surface area contributed by atoms with Gasteiger partial charge in [-0.2, -0.15) is 13.2 Å². The summed E-state index contributed by atoms with van der Waals surface area (Å²) in [6.45, 7) is -0.239. The lowest BCUT2D eigenvalue weighted by Gasteiger charge is -2.16. The van der Waals surface area contributed by atoms with Crippen LogP contribution >= 0.6 is 0 Å². The molecule has 0 amide bonds. The molecule has 0 aliphatic heterocycles. The van der Waals surface area contributed by atoms with E-state index in [0.29, 0.717) is 5.56 Å². The van der Waals surface area contributed by atoms with E-state index in [0.717, 1.165) is 6.07 Å². The Labute approximate surface area is 114 Å². The minimum atomic E-state index is -4.48. The molecule has 20 heavy (non-hydrogen) atoms. The number of hydrogen-bond acceptors (Lipinski definition) is 2. The molecule has 2 aromatic rings. The number of para-hydroxylation sites is 1. The number of halogens is 3. The van der Waals surface area contributed by atoms with Crippen molar-refractivity contribution in [2.75, 3.05) is 6.61 Å². The molecule has 2 aromatic carbocycles. The standard InChI is InChI=1S/C15H13F3O2/c16-15(17,18)12-8-4-5-9-14(12)20-10-13(19)11-6-2-1-3-7-11/h1-9,13,19H,10H2. The van der Waals surface area contributed by atoms with Crippen molar-refractivity contribution in [1.82, 2.24) is 0 Å². The SMILES string of the molecule is OC(COc1ccccc1C(F)(F)F)c1ccccc1. The van der Waals surface area contributed by atoms with Crippen LogP contribution < -0.4 is 4.74 Å². The predicted octanol–water partition coefficient (Wildman–Crippen LogP) is 3.82. The van der Waals surface area contributed by atoms with E-state index >= 15 is 0 Å². The molecular weight excluding hydrogens is 269 g/mol. The fourth-order valence-corrected chi connectivity index (χ4v) is 1.77. The van der Waals surface area contributed by atoms with Crippen LogP contribution in [0.3, 0.4) is 0 Å². The van der Waals surface area contributed by atoms with Gasteiger partial charge in [0, 0.05) is 0 Å². The molecule has 0 fully saturated rings. The second kappa shape index (κ2) is 5.96. The summed E-state index contributed by atoms with van der Waals surface area (Å²) >= 11 is 0. The Bertz CT molecular complexity index is 553. The smallest absolute Gasteiger partial charge is 0.419 e. The topological polar surface area (TPSA) is 29.5 Å². The summed E-state index contributed by atoms with van der Waals surface area (Å²) in [5.74, 6) is -0.282. The Balaban J connectivity index is 2.08. The monoisotopic (exact) mass is 282 g/mol. The van der Waals surface area contributed by atoms with Crippen molar-refractivity contribution in [2.45, 2.75) is 12.3 Å². The molecule has 1 atom stereocenters.